The number of nitrogens with one attached hydrogen (secondary N) is 2. The number of piperidine rings is 1. The third-order valence-electron chi connectivity index (χ3n) is 3.99. The Morgan fingerprint density at radius 3 is 2.68 bits per heavy atom. The van der Waals surface area contributed by atoms with E-state index < -0.39 is 0 Å². The molecule has 112 valence electrons. The van der Waals surface area contributed by atoms with Crippen LogP contribution in [-0.2, 0) is 4.79 Å². The predicted octanol–water partition coefficient (Wildman–Crippen LogP) is 3.10. The molecule has 2 atom stereocenters. The summed E-state index contributed by atoms with van der Waals surface area (Å²) in [6, 6.07) is 0.0460. The van der Waals surface area contributed by atoms with Crippen LogP contribution in [0.1, 0.15) is 65.7 Å². The van der Waals surface area contributed by atoms with E-state index in [1.54, 1.807) is 0 Å². The van der Waals surface area contributed by atoms with Crippen LogP contribution in [0.5, 0.6) is 0 Å². The molecule has 2 unspecified atom stereocenters. The number of unbranched alkanes of at least 4 members (excludes halogenated alkanes) is 3. The van der Waals surface area contributed by atoms with Gasteiger partial charge in [0.15, 0.2) is 0 Å². The number of hydrogen-bond donors (Lipinski definition) is 2. The van der Waals surface area contributed by atoms with Crippen LogP contribution < -0.4 is 10.6 Å². The maximum absolute atomic E-state index is 11.9. The normalized spacial score (nSPS) is 23.6. The second kappa shape index (κ2) is 9.35. The van der Waals surface area contributed by atoms with E-state index in [-0.39, 0.29) is 11.9 Å². The smallest absolute Gasteiger partial charge is 0.237 e. The first-order chi connectivity index (χ1) is 9.09. The molecule has 1 amide bonds. The molecule has 1 rings (SSSR count). The van der Waals surface area contributed by atoms with Gasteiger partial charge in [-0.05, 0) is 37.6 Å². The molecule has 0 radical (unpaired) electrons. The number of rotatable bonds is 8. The van der Waals surface area contributed by atoms with Gasteiger partial charge in [-0.15, -0.1) is 0 Å². The van der Waals surface area contributed by atoms with Gasteiger partial charge in [0.25, 0.3) is 0 Å². The maximum Gasteiger partial charge on any atom is 0.237 e. The molecule has 0 aromatic heterocycles. The Balaban J connectivity index is 1.98. The Morgan fingerprint density at radius 2 is 2.00 bits per heavy atom. The molecule has 2 N–H and O–H groups in total. The van der Waals surface area contributed by atoms with Crippen molar-refractivity contribution in [2.24, 2.45) is 11.8 Å². The molecule has 0 aromatic rings. The van der Waals surface area contributed by atoms with E-state index in [1.165, 1.54) is 32.1 Å². The first-order valence-corrected chi connectivity index (χ1v) is 8.10. The fourth-order valence-corrected chi connectivity index (χ4v) is 2.67. The molecular weight excluding hydrogens is 236 g/mol. The zero-order valence-corrected chi connectivity index (χ0v) is 13.0. The van der Waals surface area contributed by atoms with E-state index in [4.69, 9.17) is 0 Å². The summed E-state index contributed by atoms with van der Waals surface area (Å²) in [7, 11) is 0. The van der Waals surface area contributed by atoms with Crippen LogP contribution in [0, 0.1) is 11.8 Å². The van der Waals surface area contributed by atoms with Gasteiger partial charge in [-0.2, -0.15) is 0 Å². The second-order valence-electron chi connectivity index (χ2n) is 6.52. The van der Waals surface area contributed by atoms with Gasteiger partial charge in [-0.1, -0.05) is 46.5 Å². The van der Waals surface area contributed by atoms with E-state index >= 15 is 0 Å². The third-order valence-corrected chi connectivity index (χ3v) is 3.99. The molecule has 0 aliphatic carbocycles. The van der Waals surface area contributed by atoms with Crippen LogP contribution in [0.2, 0.25) is 0 Å². The Hall–Kier alpha value is -0.570. The minimum absolute atomic E-state index is 0.0460. The lowest BCUT2D eigenvalue weighted by Crippen LogP contribution is -2.48. The fraction of sp³-hybridized carbons (Fsp3) is 0.938. The van der Waals surface area contributed by atoms with Gasteiger partial charge in [0.05, 0.1) is 6.04 Å². The van der Waals surface area contributed by atoms with Gasteiger partial charge >= 0.3 is 0 Å². The summed E-state index contributed by atoms with van der Waals surface area (Å²) >= 11 is 0. The van der Waals surface area contributed by atoms with Crippen molar-refractivity contribution in [3.8, 4) is 0 Å². The van der Waals surface area contributed by atoms with Crippen molar-refractivity contribution in [3.63, 3.8) is 0 Å². The quantitative estimate of drug-likeness (QED) is 0.664. The van der Waals surface area contributed by atoms with E-state index in [1.807, 2.05) is 0 Å². The van der Waals surface area contributed by atoms with Gasteiger partial charge in [-0.25, -0.2) is 0 Å². The van der Waals surface area contributed by atoms with Gasteiger partial charge in [0, 0.05) is 6.54 Å². The van der Waals surface area contributed by atoms with E-state index in [0.29, 0.717) is 5.92 Å². The van der Waals surface area contributed by atoms with Crippen molar-refractivity contribution in [1.29, 1.82) is 0 Å². The minimum atomic E-state index is 0.0460. The topological polar surface area (TPSA) is 41.1 Å². The zero-order valence-electron chi connectivity index (χ0n) is 13.0. The lowest BCUT2D eigenvalue weighted by atomic mass is 9.94. The van der Waals surface area contributed by atoms with Crippen LogP contribution >= 0.6 is 0 Å². The fourth-order valence-electron chi connectivity index (χ4n) is 2.67. The van der Waals surface area contributed by atoms with Crippen LogP contribution in [0.25, 0.3) is 0 Å². The molecule has 0 spiro atoms. The zero-order chi connectivity index (χ0) is 14.1. The monoisotopic (exact) mass is 268 g/mol. The van der Waals surface area contributed by atoms with E-state index in [2.05, 4.69) is 31.4 Å². The highest BCUT2D eigenvalue weighted by atomic mass is 16.2. The summed E-state index contributed by atoms with van der Waals surface area (Å²) in [6.07, 6.45) is 8.49. The van der Waals surface area contributed by atoms with Crippen LogP contribution in [-0.4, -0.2) is 25.0 Å². The van der Waals surface area contributed by atoms with E-state index in [0.717, 1.165) is 31.8 Å². The highest BCUT2D eigenvalue weighted by Gasteiger charge is 2.23. The lowest BCUT2D eigenvalue weighted by molar-refractivity contribution is -0.124. The van der Waals surface area contributed by atoms with Crippen molar-refractivity contribution in [1.82, 2.24) is 10.6 Å². The Labute approximate surface area is 118 Å². The summed E-state index contributed by atoms with van der Waals surface area (Å²) in [4.78, 5) is 11.9. The molecule has 1 saturated heterocycles. The Bertz CT molecular complexity index is 253. The molecule has 1 fully saturated rings. The maximum atomic E-state index is 11.9. The Kier molecular flexibility index (Phi) is 8.11. The number of carbonyl (C=O) groups excluding carboxylic acids is 1. The molecular formula is C16H32N2O. The average molecular weight is 268 g/mol. The van der Waals surface area contributed by atoms with Crippen molar-refractivity contribution < 1.29 is 4.79 Å². The minimum Gasteiger partial charge on any atom is -0.355 e. The van der Waals surface area contributed by atoms with Gasteiger partial charge < -0.3 is 10.6 Å². The largest absolute Gasteiger partial charge is 0.355 e. The first kappa shape index (κ1) is 16.5. The molecule has 19 heavy (non-hydrogen) atoms. The molecule has 1 heterocycles. The van der Waals surface area contributed by atoms with E-state index in [9.17, 15) is 4.79 Å². The molecule has 3 heteroatoms. The van der Waals surface area contributed by atoms with Crippen LogP contribution in [0.15, 0.2) is 0 Å². The molecule has 0 aromatic carbocycles. The van der Waals surface area contributed by atoms with Crippen molar-refractivity contribution in [2.75, 3.05) is 13.1 Å². The van der Waals surface area contributed by atoms with Crippen molar-refractivity contribution in [3.05, 3.63) is 0 Å². The summed E-state index contributed by atoms with van der Waals surface area (Å²) < 4.78 is 0. The van der Waals surface area contributed by atoms with Crippen LogP contribution in [0.4, 0.5) is 0 Å². The van der Waals surface area contributed by atoms with Crippen molar-refractivity contribution >= 4 is 5.91 Å². The van der Waals surface area contributed by atoms with Gasteiger partial charge in [0.1, 0.15) is 0 Å². The van der Waals surface area contributed by atoms with Crippen LogP contribution in [0.3, 0.4) is 0 Å². The second-order valence-corrected chi connectivity index (χ2v) is 6.52. The summed E-state index contributed by atoms with van der Waals surface area (Å²) in [6.45, 7) is 8.61. The molecule has 0 saturated carbocycles. The van der Waals surface area contributed by atoms with Gasteiger partial charge in [-0.3, -0.25) is 4.79 Å². The number of hydrogen-bond acceptors (Lipinski definition) is 2. The number of carbonyl (C=O) groups is 1. The Morgan fingerprint density at radius 1 is 1.26 bits per heavy atom. The first-order valence-electron chi connectivity index (χ1n) is 8.10. The third kappa shape index (κ3) is 7.56. The summed E-state index contributed by atoms with van der Waals surface area (Å²) in [5, 5.41) is 6.38. The average Bonchev–Trinajstić information content (AvgIpc) is 2.37. The molecule has 0 bridgehead atoms. The standard InChI is InChI=1S/C16H32N2O/c1-13(2)8-6-4-5-7-10-18-16(19)15-12-14(3)9-11-17-15/h13-15,17H,4-12H2,1-3H3,(H,18,19). The summed E-state index contributed by atoms with van der Waals surface area (Å²) in [5.41, 5.74) is 0. The molecule has 1 aliphatic heterocycles. The molecule has 1 aliphatic rings. The summed E-state index contributed by atoms with van der Waals surface area (Å²) in [5.74, 6) is 1.70. The number of amides is 1. The lowest BCUT2D eigenvalue weighted by Gasteiger charge is -2.27. The van der Waals surface area contributed by atoms with Crippen molar-refractivity contribution in [2.45, 2.75) is 71.8 Å². The predicted molar refractivity (Wildman–Crippen MR) is 81.1 cm³/mol. The molecule has 3 nitrogen and oxygen atoms in total. The SMILES string of the molecule is CC(C)CCCCCCNC(=O)C1CC(C)CCN1. The highest BCUT2D eigenvalue weighted by molar-refractivity contribution is 5.81. The highest BCUT2D eigenvalue weighted by Crippen LogP contribution is 2.15. The van der Waals surface area contributed by atoms with Gasteiger partial charge in [0.2, 0.25) is 5.91 Å².